The fourth-order valence-corrected chi connectivity index (χ4v) is 4.50. The van der Waals surface area contributed by atoms with Crippen LogP contribution < -0.4 is 4.74 Å². The van der Waals surface area contributed by atoms with E-state index in [-0.39, 0.29) is 11.9 Å². The van der Waals surface area contributed by atoms with Crippen LogP contribution in [-0.4, -0.2) is 42.1 Å². The van der Waals surface area contributed by atoms with Crippen molar-refractivity contribution in [1.82, 2.24) is 14.4 Å². The zero-order valence-electron chi connectivity index (χ0n) is 14.8. The third-order valence-electron chi connectivity index (χ3n) is 4.35. The van der Waals surface area contributed by atoms with Crippen molar-refractivity contribution in [3.63, 3.8) is 0 Å². The van der Waals surface area contributed by atoms with E-state index in [0.29, 0.717) is 30.6 Å². The molecule has 0 N–H and O–H groups in total. The number of benzene rings is 2. The summed E-state index contributed by atoms with van der Waals surface area (Å²) in [6.45, 7) is 2.38. The highest BCUT2D eigenvalue weighted by molar-refractivity contribution is 7.88. The molecular weight excluding hydrogens is 366 g/mol. The van der Waals surface area contributed by atoms with E-state index in [4.69, 9.17) is 9.26 Å². The predicted molar refractivity (Wildman–Crippen MR) is 99.5 cm³/mol. The molecule has 8 heteroatoms. The van der Waals surface area contributed by atoms with Crippen molar-refractivity contribution >= 4 is 10.0 Å². The van der Waals surface area contributed by atoms with Crippen LogP contribution in [0.2, 0.25) is 0 Å². The van der Waals surface area contributed by atoms with Crippen molar-refractivity contribution in [1.29, 1.82) is 0 Å². The Morgan fingerprint density at radius 2 is 1.81 bits per heavy atom. The molecular formula is C19H19N3O4S. The molecule has 1 aliphatic rings. The summed E-state index contributed by atoms with van der Waals surface area (Å²) in [7, 11) is -3.35. The van der Waals surface area contributed by atoms with Gasteiger partial charge >= 0.3 is 0 Å². The Bertz CT molecular complexity index is 1030. The molecule has 0 bridgehead atoms. The van der Waals surface area contributed by atoms with Gasteiger partial charge in [-0.1, -0.05) is 47.6 Å². The van der Waals surface area contributed by atoms with Crippen molar-refractivity contribution in [2.75, 3.05) is 13.1 Å². The van der Waals surface area contributed by atoms with Gasteiger partial charge in [0.15, 0.2) is 0 Å². The Kier molecular flexibility index (Phi) is 4.67. The summed E-state index contributed by atoms with van der Waals surface area (Å²) in [5.74, 6) is 1.54. The first kappa shape index (κ1) is 17.7. The van der Waals surface area contributed by atoms with Crippen LogP contribution in [0.4, 0.5) is 0 Å². The largest absolute Gasteiger partial charge is 0.487 e. The van der Waals surface area contributed by atoms with Crippen molar-refractivity contribution in [2.45, 2.75) is 18.8 Å². The van der Waals surface area contributed by atoms with E-state index in [2.05, 4.69) is 10.1 Å². The second kappa shape index (κ2) is 7.13. The first-order valence-electron chi connectivity index (χ1n) is 8.59. The van der Waals surface area contributed by atoms with Crippen LogP contribution in [-0.2, 0) is 15.8 Å². The number of para-hydroxylation sites is 1. The van der Waals surface area contributed by atoms with E-state index in [1.54, 1.807) is 6.92 Å². The molecule has 0 radical (unpaired) electrons. The van der Waals surface area contributed by atoms with Crippen LogP contribution in [0.3, 0.4) is 0 Å². The fourth-order valence-electron chi connectivity index (χ4n) is 2.92. The molecule has 27 heavy (non-hydrogen) atoms. The molecule has 2 heterocycles. The van der Waals surface area contributed by atoms with Gasteiger partial charge in [0.25, 0.3) is 0 Å². The number of hydrogen-bond donors (Lipinski definition) is 0. The lowest BCUT2D eigenvalue weighted by molar-refractivity contribution is 0.0765. The van der Waals surface area contributed by atoms with Gasteiger partial charge in [0.05, 0.1) is 24.4 Å². The van der Waals surface area contributed by atoms with Gasteiger partial charge in [-0.3, -0.25) is 0 Å². The molecule has 7 nitrogen and oxygen atoms in total. The Labute approximate surface area is 157 Å². The Hall–Kier alpha value is -2.71. The molecule has 0 atom stereocenters. The highest BCUT2D eigenvalue weighted by Crippen LogP contribution is 2.30. The number of sulfonamides is 1. The summed E-state index contributed by atoms with van der Waals surface area (Å²) in [5, 5.41) is 3.93. The van der Waals surface area contributed by atoms with Crippen LogP contribution in [0.25, 0.3) is 11.4 Å². The summed E-state index contributed by atoms with van der Waals surface area (Å²) >= 11 is 0. The molecule has 1 saturated heterocycles. The molecule has 1 aliphatic heterocycles. The summed E-state index contributed by atoms with van der Waals surface area (Å²) < 4.78 is 37.5. The molecule has 0 spiro atoms. The maximum atomic E-state index is 12.5. The van der Waals surface area contributed by atoms with Crippen LogP contribution in [0.15, 0.2) is 59.1 Å². The normalized spacial score (nSPS) is 15.4. The minimum atomic E-state index is -3.35. The van der Waals surface area contributed by atoms with Crippen LogP contribution in [0.5, 0.6) is 5.75 Å². The second-order valence-electron chi connectivity index (χ2n) is 6.43. The SMILES string of the molecule is Cc1nc(-c2ccccc2OC2CN(S(=O)(=O)Cc3ccccc3)C2)no1. The number of aryl methyl sites for hydroxylation is 1. The topological polar surface area (TPSA) is 85.5 Å². The van der Waals surface area contributed by atoms with Gasteiger partial charge in [-0.25, -0.2) is 8.42 Å². The van der Waals surface area contributed by atoms with Gasteiger partial charge in [-0.15, -0.1) is 0 Å². The summed E-state index contributed by atoms with van der Waals surface area (Å²) in [6.07, 6.45) is -0.204. The van der Waals surface area contributed by atoms with Gasteiger partial charge in [0.1, 0.15) is 11.9 Å². The number of hydrogen-bond acceptors (Lipinski definition) is 6. The van der Waals surface area contributed by atoms with E-state index in [1.807, 2.05) is 54.6 Å². The molecule has 1 aromatic heterocycles. The smallest absolute Gasteiger partial charge is 0.223 e. The first-order chi connectivity index (χ1) is 13.0. The fraction of sp³-hybridized carbons (Fsp3) is 0.263. The lowest BCUT2D eigenvalue weighted by atomic mass is 10.1. The monoisotopic (exact) mass is 385 g/mol. The Morgan fingerprint density at radius 1 is 1.11 bits per heavy atom. The zero-order valence-corrected chi connectivity index (χ0v) is 15.6. The number of rotatable bonds is 6. The van der Waals surface area contributed by atoms with E-state index >= 15 is 0 Å². The molecule has 0 aliphatic carbocycles. The van der Waals surface area contributed by atoms with Gasteiger partial charge in [-0.05, 0) is 17.7 Å². The maximum absolute atomic E-state index is 12.5. The third kappa shape index (κ3) is 3.86. The van der Waals surface area contributed by atoms with Crippen molar-refractivity contribution < 1.29 is 17.7 Å². The molecule has 0 unspecified atom stereocenters. The van der Waals surface area contributed by atoms with Gasteiger partial charge < -0.3 is 9.26 Å². The van der Waals surface area contributed by atoms with E-state index in [0.717, 1.165) is 11.1 Å². The zero-order chi connectivity index (χ0) is 18.9. The Balaban J connectivity index is 1.41. The maximum Gasteiger partial charge on any atom is 0.223 e. The number of aromatic nitrogens is 2. The van der Waals surface area contributed by atoms with Crippen molar-refractivity contribution in [2.24, 2.45) is 0 Å². The molecule has 1 fully saturated rings. The highest BCUT2D eigenvalue weighted by atomic mass is 32.2. The van der Waals surface area contributed by atoms with Crippen LogP contribution in [0, 0.1) is 6.92 Å². The van der Waals surface area contributed by atoms with Crippen molar-refractivity contribution in [3.8, 4) is 17.1 Å². The average molecular weight is 385 g/mol. The quantitative estimate of drug-likeness (QED) is 0.648. The van der Waals surface area contributed by atoms with E-state index in [1.165, 1.54) is 4.31 Å². The molecule has 4 rings (SSSR count). The molecule has 3 aromatic rings. The molecule has 0 amide bonds. The van der Waals surface area contributed by atoms with Gasteiger partial charge in [0, 0.05) is 6.92 Å². The van der Waals surface area contributed by atoms with Gasteiger partial charge in [-0.2, -0.15) is 9.29 Å². The minimum absolute atomic E-state index is 0.000711. The predicted octanol–water partition coefficient (Wildman–Crippen LogP) is 2.64. The van der Waals surface area contributed by atoms with Crippen LogP contribution >= 0.6 is 0 Å². The standard InChI is InChI=1S/C19H19N3O4S/c1-14-20-19(21-26-14)17-9-5-6-10-18(17)25-16-11-22(12-16)27(23,24)13-15-7-3-2-4-8-15/h2-10,16H,11-13H2,1H3. The lowest BCUT2D eigenvalue weighted by Gasteiger charge is -2.38. The van der Waals surface area contributed by atoms with E-state index < -0.39 is 10.0 Å². The Morgan fingerprint density at radius 3 is 2.52 bits per heavy atom. The second-order valence-corrected chi connectivity index (χ2v) is 8.40. The molecule has 140 valence electrons. The molecule has 0 saturated carbocycles. The van der Waals surface area contributed by atoms with Gasteiger partial charge in [0.2, 0.25) is 21.7 Å². The van der Waals surface area contributed by atoms with E-state index in [9.17, 15) is 8.42 Å². The number of ether oxygens (including phenoxy) is 1. The minimum Gasteiger partial charge on any atom is -0.487 e. The summed E-state index contributed by atoms with van der Waals surface area (Å²) in [4.78, 5) is 4.23. The summed E-state index contributed by atoms with van der Waals surface area (Å²) in [6, 6.07) is 16.6. The van der Waals surface area contributed by atoms with Crippen molar-refractivity contribution in [3.05, 3.63) is 66.1 Å². The summed E-state index contributed by atoms with van der Waals surface area (Å²) in [5.41, 5.74) is 1.50. The molecule has 2 aromatic carbocycles. The third-order valence-corrected chi connectivity index (χ3v) is 6.13. The lowest BCUT2D eigenvalue weighted by Crippen LogP contribution is -2.56. The highest BCUT2D eigenvalue weighted by Gasteiger charge is 2.37. The van der Waals surface area contributed by atoms with Crippen LogP contribution in [0.1, 0.15) is 11.5 Å². The number of nitrogens with zero attached hydrogens (tertiary/aromatic N) is 3. The average Bonchev–Trinajstić information content (AvgIpc) is 3.04. The first-order valence-corrected chi connectivity index (χ1v) is 10.2.